The van der Waals surface area contributed by atoms with Crippen LogP contribution in [0.3, 0.4) is 0 Å². The number of rotatable bonds is 3. The Morgan fingerprint density at radius 1 is 0.923 bits per heavy atom. The van der Waals surface area contributed by atoms with Crippen molar-refractivity contribution >= 4 is 25.1 Å². The lowest BCUT2D eigenvalue weighted by Crippen LogP contribution is -2.09. The Balaban J connectivity index is 4.74. The minimum atomic E-state index is -4.24. The standard InChI is InChI=1S/C6H9O6P/c1-4(7)11-13(10,6(3)9)12-5(2)8/h1-3H3. The molecule has 0 aromatic rings. The van der Waals surface area contributed by atoms with Crippen molar-refractivity contribution in [3.05, 3.63) is 0 Å². The highest BCUT2D eigenvalue weighted by Gasteiger charge is 2.36. The van der Waals surface area contributed by atoms with Crippen molar-refractivity contribution in [3.63, 3.8) is 0 Å². The molecular weight excluding hydrogens is 199 g/mol. The van der Waals surface area contributed by atoms with Gasteiger partial charge in [0.25, 0.3) is 5.52 Å². The number of hydrogen-bond donors (Lipinski definition) is 0. The lowest BCUT2D eigenvalue weighted by Gasteiger charge is -2.11. The van der Waals surface area contributed by atoms with Crippen molar-refractivity contribution in [1.29, 1.82) is 0 Å². The van der Waals surface area contributed by atoms with E-state index in [1.54, 1.807) is 0 Å². The molecule has 0 amide bonds. The highest BCUT2D eigenvalue weighted by Crippen LogP contribution is 2.49. The molecule has 74 valence electrons. The maximum Gasteiger partial charge on any atom is 0.502 e. The molecule has 0 atom stereocenters. The van der Waals surface area contributed by atoms with E-state index in [4.69, 9.17) is 0 Å². The molecule has 0 aromatic carbocycles. The Kier molecular flexibility index (Phi) is 3.81. The van der Waals surface area contributed by atoms with Gasteiger partial charge in [-0.1, -0.05) is 0 Å². The summed E-state index contributed by atoms with van der Waals surface area (Å²) in [7, 11) is -4.24. The van der Waals surface area contributed by atoms with Crippen LogP contribution in [0.5, 0.6) is 0 Å². The zero-order valence-electron chi connectivity index (χ0n) is 7.40. The first-order valence-corrected chi connectivity index (χ1v) is 4.83. The van der Waals surface area contributed by atoms with Crippen LogP contribution < -0.4 is 0 Å². The third-order valence-electron chi connectivity index (χ3n) is 0.883. The van der Waals surface area contributed by atoms with Crippen molar-refractivity contribution in [3.8, 4) is 0 Å². The van der Waals surface area contributed by atoms with Gasteiger partial charge in [-0.05, 0) is 0 Å². The van der Waals surface area contributed by atoms with Crippen molar-refractivity contribution in [1.82, 2.24) is 0 Å². The lowest BCUT2D eigenvalue weighted by molar-refractivity contribution is -0.138. The summed E-state index contributed by atoms with van der Waals surface area (Å²) in [6.07, 6.45) is 0. The minimum absolute atomic E-state index is 0.909. The molecule has 0 bridgehead atoms. The molecule has 0 spiro atoms. The number of hydrogen-bond acceptors (Lipinski definition) is 6. The van der Waals surface area contributed by atoms with Gasteiger partial charge in [-0.3, -0.25) is 14.4 Å². The molecule has 0 saturated heterocycles. The van der Waals surface area contributed by atoms with Crippen molar-refractivity contribution in [2.45, 2.75) is 20.8 Å². The predicted molar refractivity (Wildman–Crippen MR) is 41.8 cm³/mol. The van der Waals surface area contributed by atoms with E-state index in [9.17, 15) is 18.9 Å². The van der Waals surface area contributed by atoms with Crippen LogP contribution in [-0.2, 0) is 28.0 Å². The Morgan fingerprint density at radius 3 is 1.38 bits per heavy atom. The molecule has 0 radical (unpaired) electrons. The third-order valence-corrected chi connectivity index (χ3v) is 2.65. The summed E-state index contributed by atoms with van der Waals surface area (Å²) in [6, 6.07) is 0. The first kappa shape index (κ1) is 11.8. The fourth-order valence-corrected chi connectivity index (χ4v) is 1.46. The molecule has 0 fully saturated rings. The zero-order chi connectivity index (χ0) is 10.6. The summed E-state index contributed by atoms with van der Waals surface area (Å²) in [5, 5.41) is 0. The van der Waals surface area contributed by atoms with Gasteiger partial charge in [0.15, 0.2) is 0 Å². The van der Waals surface area contributed by atoms with Gasteiger partial charge in [-0.15, -0.1) is 0 Å². The van der Waals surface area contributed by atoms with E-state index in [1.807, 2.05) is 0 Å². The molecule has 0 aliphatic carbocycles. The van der Waals surface area contributed by atoms with Gasteiger partial charge < -0.3 is 9.05 Å². The number of carbonyl (C=O) groups excluding carboxylic acids is 3. The zero-order valence-corrected chi connectivity index (χ0v) is 8.29. The van der Waals surface area contributed by atoms with Gasteiger partial charge in [0, 0.05) is 20.8 Å². The molecule has 0 unspecified atom stereocenters. The summed E-state index contributed by atoms with van der Waals surface area (Å²) in [5.41, 5.74) is -0.988. The maximum atomic E-state index is 11.3. The van der Waals surface area contributed by atoms with Crippen LogP contribution in [-0.4, -0.2) is 17.5 Å². The Labute approximate surface area is 74.7 Å². The Hall–Kier alpha value is -1.16. The second-order valence-corrected chi connectivity index (χ2v) is 4.17. The van der Waals surface area contributed by atoms with Crippen molar-refractivity contribution in [2.75, 3.05) is 0 Å². The quantitative estimate of drug-likeness (QED) is 0.639. The van der Waals surface area contributed by atoms with Crippen LogP contribution in [0.15, 0.2) is 0 Å². The molecular formula is C6H9O6P. The van der Waals surface area contributed by atoms with E-state index in [-0.39, 0.29) is 0 Å². The van der Waals surface area contributed by atoms with Crippen LogP contribution in [0.1, 0.15) is 20.8 Å². The fourth-order valence-electron chi connectivity index (χ4n) is 0.486. The van der Waals surface area contributed by atoms with E-state index in [0.717, 1.165) is 20.8 Å². The van der Waals surface area contributed by atoms with Gasteiger partial charge in [0.05, 0.1) is 0 Å². The van der Waals surface area contributed by atoms with Crippen LogP contribution in [0, 0.1) is 0 Å². The van der Waals surface area contributed by atoms with Crippen LogP contribution in [0.2, 0.25) is 0 Å². The lowest BCUT2D eigenvalue weighted by atomic mass is 10.9. The molecule has 0 N–H and O–H groups in total. The van der Waals surface area contributed by atoms with Crippen LogP contribution >= 0.6 is 7.60 Å². The van der Waals surface area contributed by atoms with E-state index in [2.05, 4.69) is 9.05 Å². The average molecular weight is 208 g/mol. The Morgan fingerprint density at radius 2 is 1.23 bits per heavy atom. The average Bonchev–Trinajstić information content (AvgIpc) is 1.82. The van der Waals surface area contributed by atoms with Gasteiger partial charge >= 0.3 is 19.5 Å². The summed E-state index contributed by atoms with van der Waals surface area (Å²) in [4.78, 5) is 31.5. The first-order chi connectivity index (χ1) is 5.78. The van der Waals surface area contributed by atoms with Gasteiger partial charge in [-0.2, -0.15) is 0 Å². The van der Waals surface area contributed by atoms with Crippen molar-refractivity contribution in [2.24, 2.45) is 0 Å². The fraction of sp³-hybridized carbons (Fsp3) is 0.500. The van der Waals surface area contributed by atoms with E-state index >= 15 is 0 Å². The molecule has 0 aromatic heterocycles. The topological polar surface area (TPSA) is 86.7 Å². The molecule has 6 nitrogen and oxygen atoms in total. The highest BCUT2D eigenvalue weighted by atomic mass is 31.2. The molecule has 13 heavy (non-hydrogen) atoms. The predicted octanol–water partition coefficient (Wildman–Crippen LogP) is 0.852. The maximum absolute atomic E-state index is 11.3. The molecule has 0 rings (SSSR count). The van der Waals surface area contributed by atoms with Gasteiger partial charge in [-0.25, -0.2) is 4.57 Å². The molecule has 0 aliphatic rings. The van der Waals surface area contributed by atoms with Gasteiger partial charge in [0.1, 0.15) is 0 Å². The van der Waals surface area contributed by atoms with E-state index in [0.29, 0.717) is 0 Å². The molecule has 0 aliphatic heterocycles. The summed E-state index contributed by atoms with van der Waals surface area (Å²) in [6.45, 7) is 2.82. The van der Waals surface area contributed by atoms with Crippen LogP contribution in [0.4, 0.5) is 0 Å². The van der Waals surface area contributed by atoms with Crippen molar-refractivity contribution < 1.29 is 28.0 Å². The third kappa shape index (κ3) is 3.85. The largest absolute Gasteiger partial charge is 0.502 e. The van der Waals surface area contributed by atoms with Crippen LogP contribution in [0.25, 0.3) is 0 Å². The molecule has 0 saturated carbocycles. The van der Waals surface area contributed by atoms with Gasteiger partial charge in [0.2, 0.25) is 0 Å². The number of carbonyl (C=O) groups is 3. The monoisotopic (exact) mass is 208 g/mol. The van der Waals surface area contributed by atoms with E-state index < -0.39 is 25.1 Å². The molecule has 0 heterocycles. The second kappa shape index (κ2) is 4.18. The van der Waals surface area contributed by atoms with E-state index in [1.165, 1.54) is 0 Å². The first-order valence-electron chi connectivity index (χ1n) is 3.29. The summed E-state index contributed by atoms with van der Waals surface area (Å²) in [5.74, 6) is -1.89. The summed E-state index contributed by atoms with van der Waals surface area (Å²) < 4.78 is 19.6. The smallest absolute Gasteiger partial charge is 0.378 e. The second-order valence-electron chi connectivity index (χ2n) is 2.18. The minimum Gasteiger partial charge on any atom is -0.378 e. The normalized spacial score (nSPS) is 10.4. The SMILES string of the molecule is CC(=O)OP(=O)(OC(C)=O)C(C)=O. The summed E-state index contributed by atoms with van der Waals surface area (Å²) >= 11 is 0. The highest BCUT2D eigenvalue weighted by molar-refractivity contribution is 7.72. The molecule has 7 heteroatoms. The Bertz CT molecular complexity index is 273.